The molecule has 0 aromatic heterocycles. The van der Waals surface area contributed by atoms with E-state index in [-0.39, 0.29) is 11.0 Å². The van der Waals surface area contributed by atoms with E-state index >= 15 is 0 Å². The number of unbranched alkanes of at least 4 members (excludes halogenated alkanes) is 7. The van der Waals surface area contributed by atoms with Gasteiger partial charge in [0.15, 0.2) is 0 Å². The summed E-state index contributed by atoms with van der Waals surface area (Å²) in [6, 6.07) is 0. The Hall–Kier alpha value is -0.0400. The van der Waals surface area contributed by atoms with Gasteiger partial charge in [-0.3, -0.25) is 0 Å². The quantitative estimate of drug-likeness (QED) is 0.542. The van der Waals surface area contributed by atoms with Crippen LogP contribution in [0.15, 0.2) is 0 Å². The Morgan fingerprint density at radius 3 is 1.89 bits per heavy atom. The van der Waals surface area contributed by atoms with Gasteiger partial charge < -0.3 is 5.11 Å². The van der Waals surface area contributed by atoms with Crippen molar-refractivity contribution in [1.82, 2.24) is 0 Å². The lowest BCUT2D eigenvalue weighted by atomic mass is 9.75. The molecule has 1 saturated carbocycles. The number of hydrogen-bond donors (Lipinski definition) is 1. The molecule has 1 aliphatic rings. The van der Waals surface area contributed by atoms with Gasteiger partial charge in [-0.05, 0) is 31.1 Å². The maximum atomic E-state index is 10.7. The van der Waals surface area contributed by atoms with Crippen LogP contribution in [-0.2, 0) is 0 Å². The summed E-state index contributed by atoms with van der Waals surface area (Å²) in [5.74, 6) is 0. The molecule has 0 heterocycles. The average molecular weight is 254 g/mol. The van der Waals surface area contributed by atoms with Crippen molar-refractivity contribution >= 4 is 0 Å². The van der Waals surface area contributed by atoms with Gasteiger partial charge in [-0.2, -0.15) is 0 Å². The van der Waals surface area contributed by atoms with Crippen LogP contribution < -0.4 is 0 Å². The molecule has 0 spiro atoms. The van der Waals surface area contributed by atoms with Crippen LogP contribution >= 0.6 is 0 Å². The number of hydrogen-bond acceptors (Lipinski definition) is 1. The zero-order chi connectivity index (χ0) is 13.5. The summed E-state index contributed by atoms with van der Waals surface area (Å²) in [4.78, 5) is 0. The zero-order valence-electron chi connectivity index (χ0n) is 12.9. The largest absolute Gasteiger partial charge is 0.389 e. The first-order valence-electron chi connectivity index (χ1n) is 8.24. The second-order valence-electron chi connectivity index (χ2n) is 6.99. The first-order chi connectivity index (χ1) is 8.52. The highest BCUT2D eigenvalue weighted by molar-refractivity contribution is 4.98. The molecule has 0 aromatic carbocycles. The second kappa shape index (κ2) is 7.53. The fraction of sp³-hybridized carbons (Fsp3) is 1.00. The Morgan fingerprint density at radius 1 is 0.833 bits per heavy atom. The van der Waals surface area contributed by atoms with Crippen molar-refractivity contribution in [2.75, 3.05) is 0 Å². The minimum Gasteiger partial charge on any atom is -0.389 e. The fourth-order valence-electron chi connectivity index (χ4n) is 3.41. The smallest absolute Gasteiger partial charge is 0.0698 e. The third-order valence-electron chi connectivity index (χ3n) is 5.10. The number of rotatable bonds is 9. The average Bonchev–Trinajstić information content (AvgIpc) is 2.57. The summed E-state index contributed by atoms with van der Waals surface area (Å²) in [6.45, 7) is 6.75. The highest BCUT2D eigenvalue weighted by Gasteiger charge is 2.46. The summed E-state index contributed by atoms with van der Waals surface area (Å²) in [5.41, 5.74) is -0.219. The van der Waals surface area contributed by atoms with Crippen molar-refractivity contribution in [1.29, 1.82) is 0 Å². The molecule has 1 atom stereocenters. The van der Waals surface area contributed by atoms with Crippen LogP contribution in [0.3, 0.4) is 0 Å². The van der Waals surface area contributed by atoms with E-state index in [1.165, 1.54) is 64.2 Å². The summed E-state index contributed by atoms with van der Waals surface area (Å²) < 4.78 is 0. The molecule has 1 fully saturated rings. The van der Waals surface area contributed by atoms with E-state index in [9.17, 15) is 5.11 Å². The Kier molecular flexibility index (Phi) is 6.70. The Bertz CT molecular complexity index is 222. The maximum absolute atomic E-state index is 10.7. The van der Waals surface area contributed by atoms with Gasteiger partial charge >= 0.3 is 0 Å². The molecule has 0 radical (unpaired) electrons. The van der Waals surface area contributed by atoms with Crippen molar-refractivity contribution in [2.24, 2.45) is 5.41 Å². The van der Waals surface area contributed by atoms with Crippen molar-refractivity contribution in [3.8, 4) is 0 Å². The minimum absolute atomic E-state index is 0.147. The van der Waals surface area contributed by atoms with Crippen molar-refractivity contribution in [2.45, 2.75) is 103 Å². The van der Waals surface area contributed by atoms with E-state index in [0.717, 1.165) is 12.8 Å². The standard InChI is InChI=1S/C17H34O/c1-4-5-6-7-8-9-10-11-14-17(18)15-12-13-16(17,2)3/h18H,4-15H2,1-3H3. The van der Waals surface area contributed by atoms with Gasteiger partial charge in [0.05, 0.1) is 5.60 Å². The minimum atomic E-state index is -0.366. The van der Waals surface area contributed by atoms with E-state index in [1.807, 2.05) is 0 Å². The van der Waals surface area contributed by atoms with E-state index in [1.54, 1.807) is 0 Å². The lowest BCUT2D eigenvalue weighted by molar-refractivity contribution is -0.0511. The third-order valence-corrected chi connectivity index (χ3v) is 5.10. The van der Waals surface area contributed by atoms with Crippen LogP contribution in [0, 0.1) is 5.41 Å². The van der Waals surface area contributed by atoms with Gasteiger partial charge in [-0.25, -0.2) is 0 Å². The van der Waals surface area contributed by atoms with Crippen LogP contribution in [-0.4, -0.2) is 10.7 Å². The molecule has 0 amide bonds. The van der Waals surface area contributed by atoms with Gasteiger partial charge in [-0.15, -0.1) is 0 Å². The number of aliphatic hydroxyl groups is 1. The van der Waals surface area contributed by atoms with Crippen molar-refractivity contribution in [3.63, 3.8) is 0 Å². The van der Waals surface area contributed by atoms with E-state index in [0.29, 0.717) is 0 Å². The SMILES string of the molecule is CCCCCCCCCCC1(O)CCCC1(C)C. The lowest BCUT2D eigenvalue weighted by Crippen LogP contribution is -2.39. The van der Waals surface area contributed by atoms with Gasteiger partial charge in [0.2, 0.25) is 0 Å². The third kappa shape index (κ3) is 4.57. The van der Waals surface area contributed by atoms with E-state index < -0.39 is 0 Å². The first-order valence-corrected chi connectivity index (χ1v) is 8.24. The van der Waals surface area contributed by atoms with Crippen LogP contribution in [0.5, 0.6) is 0 Å². The molecule has 0 bridgehead atoms. The zero-order valence-corrected chi connectivity index (χ0v) is 12.9. The second-order valence-corrected chi connectivity index (χ2v) is 6.99. The maximum Gasteiger partial charge on any atom is 0.0698 e. The summed E-state index contributed by atoms with van der Waals surface area (Å²) in [5, 5.41) is 10.7. The molecule has 0 saturated heterocycles. The van der Waals surface area contributed by atoms with Crippen molar-refractivity contribution < 1.29 is 5.11 Å². The van der Waals surface area contributed by atoms with Crippen LogP contribution in [0.1, 0.15) is 97.8 Å². The molecular weight excluding hydrogens is 220 g/mol. The monoisotopic (exact) mass is 254 g/mol. The predicted molar refractivity (Wildman–Crippen MR) is 79.8 cm³/mol. The molecule has 1 heteroatoms. The molecule has 18 heavy (non-hydrogen) atoms. The van der Waals surface area contributed by atoms with E-state index in [2.05, 4.69) is 20.8 Å². The molecule has 1 rings (SSSR count). The van der Waals surface area contributed by atoms with Crippen LogP contribution in [0.4, 0.5) is 0 Å². The molecular formula is C17H34O. The van der Waals surface area contributed by atoms with Gasteiger partial charge in [0.1, 0.15) is 0 Å². The molecule has 0 aliphatic heterocycles. The van der Waals surface area contributed by atoms with Crippen LogP contribution in [0.25, 0.3) is 0 Å². The molecule has 108 valence electrons. The summed E-state index contributed by atoms with van der Waals surface area (Å²) in [6.07, 6.45) is 15.3. The van der Waals surface area contributed by atoms with Gasteiger partial charge in [0.25, 0.3) is 0 Å². The molecule has 0 aromatic rings. The Balaban J connectivity index is 2.04. The normalized spacial score (nSPS) is 26.7. The lowest BCUT2D eigenvalue weighted by Gasteiger charge is -2.37. The fourth-order valence-corrected chi connectivity index (χ4v) is 3.41. The Morgan fingerprint density at radius 2 is 1.39 bits per heavy atom. The first kappa shape index (κ1) is 16.0. The molecule has 1 unspecified atom stereocenters. The Labute approximate surface area is 114 Å². The van der Waals surface area contributed by atoms with E-state index in [4.69, 9.17) is 0 Å². The molecule has 1 N–H and O–H groups in total. The predicted octanol–water partition coefficient (Wildman–Crippen LogP) is 5.46. The molecule has 1 nitrogen and oxygen atoms in total. The highest BCUT2D eigenvalue weighted by Crippen LogP contribution is 2.48. The van der Waals surface area contributed by atoms with Crippen LogP contribution in [0.2, 0.25) is 0 Å². The highest BCUT2D eigenvalue weighted by atomic mass is 16.3. The topological polar surface area (TPSA) is 20.2 Å². The summed E-state index contributed by atoms with van der Waals surface area (Å²) in [7, 11) is 0. The summed E-state index contributed by atoms with van der Waals surface area (Å²) >= 11 is 0. The van der Waals surface area contributed by atoms with Crippen molar-refractivity contribution in [3.05, 3.63) is 0 Å². The molecule has 1 aliphatic carbocycles. The van der Waals surface area contributed by atoms with Gasteiger partial charge in [-0.1, -0.05) is 72.1 Å². The van der Waals surface area contributed by atoms with Gasteiger partial charge in [0, 0.05) is 0 Å².